The number of hydrogen-bond donors (Lipinski definition) is 1. The Balaban J connectivity index is 2.32. The molecule has 1 fully saturated rings. The predicted octanol–water partition coefficient (Wildman–Crippen LogP) is 1.53. The summed E-state index contributed by atoms with van der Waals surface area (Å²) in [5.74, 6) is -0.886. The van der Waals surface area contributed by atoms with E-state index >= 15 is 0 Å². The van der Waals surface area contributed by atoms with Crippen molar-refractivity contribution in [3.63, 3.8) is 0 Å². The van der Waals surface area contributed by atoms with Crippen LogP contribution in [0.2, 0.25) is 5.02 Å². The van der Waals surface area contributed by atoms with Crippen LogP contribution in [0.4, 0.5) is 0 Å². The molecule has 7 heteroatoms. The molecule has 0 bridgehead atoms. The first kappa shape index (κ1) is 15.3. The van der Waals surface area contributed by atoms with Gasteiger partial charge in [-0.25, -0.2) is 8.42 Å². The molecule has 2 N–H and O–H groups in total. The van der Waals surface area contributed by atoms with Crippen LogP contribution in [0.1, 0.15) is 18.4 Å². The molecule has 1 amide bonds. The fourth-order valence-corrected chi connectivity index (χ4v) is 4.44. The lowest BCUT2D eigenvalue weighted by molar-refractivity contribution is -0.122. The number of carbonyl (C=O) groups excluding carboxylic acids is 1. The van der Waals surface area contributed by atoms with Crippen LogP contribution in [0.5, 0.6) is 0 Å². The first-order chi connectivity index (χ1) is 9.32. The Bertz CT molecular complexity index is 631. The van der Waals surface area contributed by atoms with Gasteiger partial charge in [-0.3, -0.25) is 4.79 Å². The summed E-state index contributed by atoms with van der Waals surface area (Å²) in [4.78, 5) is 11.3. The standard InChI is InChI=1S/C13H17ClN2O3S/c1-9-4-5-12(11(14)7-9)20(18,19)16-6-2-3-10(8-16)13(15)17/h4-5,7,10H,2-3,6,8H2,1H3,(H2,15,17). The van der Waals surface area contributed by atoms with Gasteiger partial charge in [0.25, 0.3) is 0 Å². The van der Waals surface area contributed by atoms with E-state index in [4.69, 9.17) is 17.3 Å². The summed E-state index contributed by atoms with van der Waals surface area (Å²) in [7, 11) is -3.68. The van der Waals surface area contributed by atoms with E-state index in [0.717, 1.165) is 5.56 Å². The normalized spacial score (nSPS) is 20.8. The van der Waals surface area contributed by atoms with Crippen molar-refractivity contribution < 1.29 is 13.2 Å². The molecule has 1 saturated heterocycles. The minimum atomic E-state index is -3.68. The molecule has 20 heavy (non-hydrogen) atoms. The monoisotopic (exact) mass is 316 g/mol. The fourth-order valence-electron chi connectivity index (χ4n) is 2.35. The molecule has 0 saturated carbocycles. The summed E-state index contributed by atoms with van der Waals surface area (Å²) < 4.78 is 26.4. The summed E-state index contributed by atoms with van der Waals surface area (Å²) in [5, 5.41) is 0.200. The van der Waals surface area contributed by atoms with E-state index in [1.54, 1.807) is 12.1 Å². The number of aryl methyl sites for hydroxylation is 1. The van der Waals surface area contributed by atoms with Crippen molar-refractivity contribution in [3.05, 3.63) is 28.8 Å². The molecule has 1 unspecified atom stereocenters. The first-order valence-corrected chi connectivity index (χ1v) is 8.20. The topological polar surface area (TPSA) is 80.5 Å². The largest absolute Gasteiger partial charge is 0.369 e. The van der Waals surface area contributed by atoms with Gasteiger partial charge in [-0.05, 0) is 37.5 Å². The summed E-state index contributed by atoms with van der Waals surface area (Å²) in [6.45, 7) is 2.35. The number of sulfonamides is 1. The molecule has 0 aromatic heterocycles. The number of nitrogens with two attached hydrogens (primary N) is 1. The van der Waals surface area contributed by atoms with E-state index < -0.39 is 21.8 Å². The Hall–Kier alpha value is -1.11. The second-order valence-corrected chi connectivity index (χ2v) is 7.35. The number of rotatable bonds is 3. The lowest BCUT2D eigenvalue weighted by Crippen LogP contribution is -2.44. The van der Waals surface area contributed by atoms with E-state index in [1.807, 2.05) is 6.92 Å². The van der Waals surface area contributed by atoms with Gasteiger partial charge in [0, 0.05) is 13.1 Å². The lowest BCUT2D eigenvalue weighted by atomic mass is 9.99. The summed E-state index contributed by atoms with van der Waals surface area (Å²) in [5.41, 5.74) is 6.17. The van der Waals surface area contributed by atoms with Crippen LogP contribution in [-0.4, -0.2) is 31.7 Å². The Morgan fingerprint density at radius 3 is 2.75 bits per heavy atom. The van der Waals surface area contributed by atoms with Crippen LogP contribution in [0, 0.1) is 12.8 Å². The molecule has 1 heterocycles. The lowest BCUT2D eigenvalue weighted by Gasteiger charge is -2.30. The van der Waals surface area contributed by atoms with E-state index in [2.05, 4.69) is 0 Å². The van der Waals surface area contributed by atoms with Gasteiger partial charge in [0.1, 0.15) is 4.90 Å². The molecule has 110 valence electrons. The Morgan fingerprint density at radius 1 is 1.45 bits per heavy atom. The molecular formula is C13H17ClN2O3S. The number of hydrogen-bond acceptors (Lipinski definition) is 3. The van der Waals surface area contributed by atoms with E-state index in [1.165, 1.54) is 10.4 Å². The van der Waals surface area contributed by atoms with E-state index in [9.17, 15) is 13.2 Å². The van der Waals surface area contributed by atoms with Crippen molar-refractivity contribution in [2.45, 2.75) is 24.7 Å². The molecule has 0 radical (unpaired) electrons. The molecule has 5 nitrogen and oxygen atoms in total. The van der Waals surface area contributed by atoms with Crippen LogP contribution < -0.4 is 5.73 Å². The van der Waals surface area contributed by atoms with Gasteiger partial charge < -0.3 is 5.73 Å². The Kier molecular flexibility index (Phi) is 4.36. The maximum absolute atomic E-state index is 12.6. The minimum Gasteiger partial charge on any atom is -0.369 e. The number of carbonyl (C=O) groups is 1. The SMILES string of the molecule is Cc1ccc(S(=O)(=O)N2CCCC(C(N)=O)C2)c(Cl)c1. The molecule has 0 aliphatic carbocycles. The van der Waals surface area contributed by atoms with Crippen LogP contribution in [0.25, 0.3) is 0 Å². The number of piperidine rings is 1. The van der Waals surface area contributed by atoms with Crippen LogP contribution in [0.15, 0.2) is 23.1 Å². The summed E-state index contributed by atoms with van der Waals surface area (Å²) >= 11 is 6.03. The van der Waals surface area contributed by atoms with Gasteiger partial charge in [-0.1, -0.05) is 17.7 Å². The van der Waals surface area contributed by atoms with Crippen molar-refractivity contribution >= 4 is 27.5 Å². The zero-order chi connectivity index (χ0) is 14.9. The predicted molar refractivity (Wildman–Crippen MR) is 76.9 cm³/mol. The van der Waals surface area contributed by atoms with Gasteiger partial charge in [-0.2, -0.15) is 4.31 Å². The zero-order valence-corrected chi connectivity index (χ0v) is 12.7. The Morgan fingerprint density at radius 2 is 2.15 bits per heavy atom. The minimum absolute atomic E-state index is 0.0786. The average molecular weight is 317 g/mol. The maximum atomic E-state index is 12.6. The quantitative estimate of drug-likeness (QED) is 0.918. The zero-order valence-electron chi connectivity index (χ0n) is 11.2. The third-order valence-electron chi connectivity index (χ3n) is 3.49. The number of primary amides is 1. The molecular weight excluding hydrogens is 300 g/mol. The molecule has 1 atom stereocenters. The van der Waals surface area contributed by atoms with Crippen LogP contribution in [-0.2, 0) is 14.8 Å². The molecule has 2 rings (SSSR count). The van der Waals surface area contributed by atoms with Gasteiger partial charge in [0.2, 0.25) is 15.9 Å². The molecule has 1 aliphatic rings. The Labute approximate surface area is 123 Å². The number of benzene rings is 1. The number of amides is 1. The van der Waals surface area contributed by atoms with E-state index in [-0.39, 0.29) is 16.5 Å². The molecule has 1 aromatic carbocycles. The van der Waals surface area contributed by atoms with Crippen LogP contribution >= 0.6 is 11.6 Å². The first-order valence-electron chi connectivity index (χ1n) is 6.38. The maximum Gasteiger partial charge on any atom is 0.244 e. The molecule has 0 spiro atoms. The summed E-state index contributed by atoms with van der Waals surface area (Å²) in [6, 6.07) is 4.82. The third-order valence-corrected chi connectivity index (χ3v) is 5.84. The third kappa shape index (κ3) is 2.97. The highest BCUT2D eigenvalue weighted by molar-refractivity contribution is 7.89. The van der Waals surface area contributed by atoms with Gasteiger partial charge >= 0.3 is 0 Å². The highest BCUT2D eigenvalue weighted by Gasteiger charge is 2.33. The average Bonchev–Trinajstić information content (AvgIpc) is 2.38. The number of nitrogens with zero attached hydrogens (tertiary/aromatic N) is 1. The smallest absolute Gasteiger partial charge is 0.244 e. The van der Waals surface area contributed by atoms with Crippen molar-refractivity contribution in [2.75, 3.05) is 13.1 Å². The highest BCUT2D eigenvalue weighted by atomic mass is 35.5. The van der Waals surface area contributed by atoms with Crippen molar-refractivity contribution in [1.29, 1.82) is 0 Å². The van der Waals surface area contributed by atoms with Gasteiger partial charge in [0.15, 0.2) is 0 Å². The highest BCUT2D eigenvalue weighted by Crippen LogP contribution is 2.28. The van der Waals surface area contributed by atoms with Crippen molar-refractivity contribution in [1.82, 2.24) is 4.31 Å². The second kappa shape index (κ2) is 5.71. The van der Waals surface area contributed by atoms with Gasteiger partial charge in [-0.15, -0.1) is 0 Å². The fraction of sp³-hybridized carbons (Fsp3) is 0.462. The molecule has 1 aliphatic heterocycles. The summed E-state index contributed by atoms with van der Waals surface area (Å²) in [6.07, 6.45) is 1.25. The van der Waals surface area contributed by atoms with Crippen LogP contribution in [0.3, 0.4) is 0 Å². The van der Waals surface area contributed by atoms with Gasteiger partial charge in [0.05, 0.1) is 10.9 Å². The molecule has 1 aromatic rings. The number of halogens is 1. The van der Waals surface area contributed by atoms with E-state index in [0.29, 0.717) is 19.4 Å². The van der Waals surface area contributed by atoms with Crippen molar-refractivity contribution in [3.8, 4) is 0 Å². The van der Waals surface area contributed by atoms with Crippen molar-refractivity contribution in [2.24, 2.45) is 11.7 Å². The second-order valence-electron chi connectivity index (χ2n) is 5.04.